The van der Waals surface area contributed by atoms with Crippen molar-refractivity contribution in [3.8, 4) is 0 Å². The number of Topliss-reactive ketones (excluding diaryl/α,β-unsaturated/α-hetero) is 2. The third-order valence-corrected chi connectivity index (χ3v) is 8.59. The first kappa shape index (κ1) is 17.9. The largest absolute Gasteiger partial charge is 0.466 e. The monoisotopic (exact) mass is 358 g/mol. The van der Waals surface area contributed by atoms with Crippen LogP contribution in [0.4, 0.5) is 0 Å². The summed E-state index contributed by atoms with van der Waals surface area (Å²) in [5.74, 6) is 2.02. The predicted molar refractivity (Wildman–Crippen MR) is 97.2 cm³/mol. The number of ether oxygens (including phenoxy) is 1. The van der Waals surface area contributed by atoms with Crippen molar-refractivity contribution in [1.29, 1.82) is 0 Å². The first-order valence-electron chi connectivity index (χ1n) is 10.1. The number of rotatable bonds is 1. The second-order valence-electron chi connectivity index (χ2n) is 9.54. The Morgan fingerprint density at radius 1 is 1.08 bits per heavy atom. The van der Waals surface area contributed by atoms with Crippen molar-refractivity contribution in [2.24, 2.45) is 34.5 Å². The number of methoxy groups -OCH3 is 1. The summed E-state index contributed by atoms with van der Waals surface area (Å²) in [6, 6.07) is 0. The molecule has 4 fully saturated rings. The number of ketones is 2. The van der Waals surface area contributed by atoms with Gasteiger partial charge in [-0.1, -0.05) is 19.4 Å². The second kappa shape index (κ2) is 6.03. The van der Waals surface area contributed by atoms with Gasteiger partial charge in [0, 0.05) is 30.8 Å². The molecule has 0 aliphatic heterocycles. The van der Waals surface area contributed by atoms with Crippen LogP contribution in [0.5, 0.6) is 0 Å². The van der Waals surface area contributed by atoms with Crippen LogP contribution in [0, 0.1) is 34.5 Å². The number of carbonyl (C=O) groups excluding carboxylic acids is 3. The lowest BCUT2D eigenvalue weighted by Crippen LogP contribution is -2.54. The van der Waals surface area contributed by atoms with Gasteiger partial charge in [-0.2, -0.15) is 0 Å². The molecule has 26 heavy (non-hydrogen) atoms. The first-order valence-corrected chi connectivity index (χ1v) is 10.1. The molecular formula is C22H30O4. The zero-order valence-electron chi connectivity index (χ0n) is 16.2. The highest BCUT2D eigenvalue weighted by Crippen LogP contribution is 2.66. The number of fused-ring (bicyclic) bond motifs is 5. The van der Waals surface area contributed by atoms with Gasteiger partial charge in [0.15, 0.2) is 0 Å². The van der Waals surface area contributed by atoms with Crippen LogP contribution in [0.2, 0.25) is 0 Å². The summed E-state index contributed by atoms with van der Waals surface area (Å²) in [7, 11) is 1.41. The summed E-state index contributed by atoms with van der Waals surface area (Å²) in [5.41, 5.74) is 0.978. The molecule has 0 unspecified atom stereocenters. The Bertz CT molecular complexity index is 692. The molecule has 4 rings (SSSR count). The lowest BCUT2D eigenvalue weighted by atomic mass is 9.44. The van der Waals surface area contributed by atoms with E-state index in [4.69, 9.17) is 4.74 Å². The maximum absolute atomic E-state index is 12.6. The summed E-state index contributed by atoms with van der Waals surface area (Å²) in [6.45, 7) is 4.51. The Kier molecular flexibility index (Phi) is 4.16. The highest BCUT2D eigenvalue weighted by molar-refractivity contribution is 5.87. The normalized spacial score (nSPS) is 46.5. The van der Waals surface area contributed by atoms with Gasteiger partial charge in [0.2, 0.25) is 0 Å². The van der Waals surface area contributed by atoms with E-state index in [-0.39, 0.29) is 22.7 Å². The molecule has 142 valence electrons. The maximum atomic E-state index is 12.6. The van der Waals surface area contributed by atoms with E-state index in [0.29, 0.717) is 48.6 Å². The second-order valence-corrected chi connectivity index (χ2v) is 9.54. The molecule has 0 saturated heterocycles. The van der Waals surface area contributed by atoms with Crippen molar-refractivity contribution in [3.05, 3.63) is 11.6 Å². The smallest absolute Gasteiger partial charge is 0.330 e. The van der Waals surface area contributed by atoms with E-state index in [0.717, 1.165) is 37.7 Å². The molecular weight excluding hydrogens is 328 g/mol. The van der Waals surface area contributed by atoms with E-state index < -0.39 is 0 Å². The van der Waals surface area contributed by atoms with Gasteiger partial charge in [-0.05, 0) is 61.2 Å². The van der Waals surface area contributed by atoms with Crippen LogP contribution in [0.15, 0.2) is 11.6 Å². The standard InChI is InChI=1S/C22H30O4/c1-21-8-6-14(23)12-18(21)13(11-20(25)26-3)10-15-16-4-5-19(24)22(16,2)9-7-17(15)21/h11,15-18H,4-10,12H2,1-3H3/b13-11+/t15-,16-,17-,18+,21+,22-/m0/s1. The van der Waals surface area contributed by atoms with Gasteiger partial charge in [0.25, 0.3) is 0 Å². The summed E-state index contributed by atoms with van der Waals surface area (Å²) >= 11 is 0. The van der Waals surface area contributed by atoms with Crippen molar-refractivity contribution in [1.82, 2.24) is 0 Å². The summed E-state index contributed by atoms with van der Waals surface area (Å²) < 4.78 is 4.90. The van der Waals surface area contributed by atoms with Crippen molar-refractivity contribution >= 4 is 17.5 Å². The van der Waals surface area contributed by atoms with Crippen molar-refractivity contribution in [3.63, 3.8) is 0 Å². The van der Waals surface area contributed by atoms with Crippen LogP contribution in [0.25, 0.3) is 0 Å². The van der Waals surface area contributed by atoms with E-state index in [9.17, 15) is 14.4 Å². The average Bonchev–Trinajstić information content (AvgIpc) is 2.91. The van der Waals surface area contributed by atoms with Crippen LogP contribution in [-0.2, 0) is 19.1 Å². The Labute approximate surface area is 155 Å². The third kappa shape index (κ3) is 2.44. The minimum Gasteiger partial charge on any atom is -0.466 e. The number of carbonyl (C=O) groups is 3. The van der Waals surface area contributed by atoms with Gasteiger partial charge in [-0.3, -0.25) is 9.59 Å². The molecule has 4 nitrogen and oxygen atoms in total. The zero-order valence-corrected chi connectivity index (χ0v) is 16.2. The lowest BCUT2D eigenvalue weighted by Gasteiger charge is -2.60. The van der Waals surface area contributed by atoms with E-state index in [1.54, 1.807) is 6.08 Å². The summed E-state index contributed by atoms with van der Waals surface area (Å²) in [4.78, 5) is 36.8. The Morgan fingerprint density at radius 3 is 2.58 bits per heavy atom. The van der Waals surface area contributed by atoms with E-state index in [1.165, 1.54) is 7.11 Å². The van der Waals surface area contributed by atoms with Crippen LogP contribution in [0.3, 0.4) is 0 Å². The molecule has 0 N–H and O–H groups in total. The molecule has 4 aliphatic rings. The van der Waals surface area contributed by atoms with Crippen molar-refractivity contribution < 1.29 is 19.1 Å². The molecule has 0 aromatic heterocycles. The minimum atomic E-state index is -0.320. The van der Waals surface area contributed by atoms with Crippen LogP contribution < -0.4 is 0 Å². The number of hydrogen-bond donors (Lipinski definition) is 0. The topological polar surface area (TPSA) is 60.4 Å². The fourth-order valence-electron chi connectivity index (χ4n) is 7.09. The maximum Gasteiger partial charge on any atom is 0.330 e. The van der Waals surface area contributed by atoms with Gasteiger partial charge in [-0.25, -0.2) is 4.79 Å². The molecule has 0 spiro atoms. The van der Waals surface area contributed by atoms with Gasteiger partial charge in [-0.15, -0.1) is 0 Å². The van der Waals surface area contributed by atoms with Crippen LogP contribution in [-0.4, -0.2) is 24.6 Å². The van der Waals surface area contributed by atoms with E-state index >= 15 is 0 Å². The van der Waals surface area contributed by atoms with Gasteiger partial charge in [0.1, 0.15) is 11.6 Å². The third-order valence-electron chi connectivity index (χ3n) is 8.59. The highest BCUT2D eigenvalue weighted by Gasteiger charge is 2.61. The van der Waals surface area contributed by atoms with E-state index in [2.05, 4.69) is 13.8 Å². The lowest BCUT2D eigenvalue weighted by molar-refractivity contribution is -0.140. The van der Waals surface area contributed by atoms with Crippen molar-refractivity contribution in [2.45, 2.75) is 65.2 Å². The highest BCUT2D eigenvalue weighted by atomic mass is 16.5. The first-order chi connectivity index (χ1) is 12.3. The summed E-state index contributed by atoms with van der Waals surface area (Å²) in [5, 5.41) is 0. The Hall–Kier alpha value is -1.45. The zero-order chi connectivity index (χ0) is 18.7. The quantitative estimate of drug-likeness (QED) is 0.527. The number of hydrogen-bond acceptors (Lipinski definition) is 4. The molecule has 0 bridgehead atoms. The molecule has 4 heteroatoms. The number of allylic oxidation sites excluding steroid dienone is 1. The SMILES string of the molecule is COC(=O)/C=C1\C[C@@H]2[C@H](CC[C@]3(C)C(=O)CC[C@@H]23)[C@@]2(C)CCC(=O)C[C@H]12. The summed E-state index contributed by atoms with van der Waals surface area (Å²) in [6.07, 6.45) is 8.39. The van der Waals surface area contributed by atoms with Crippen LogP contribution >= 0.6 is 0 Å². The Balaban J connectivity index is 1.75. The molecule has 6 atom stereocenters. The molecule has 0 heterocycles. The predicted octanol–water partition coefficient (Wildman–Crippen LogP) is 3.88. The minimum absolute atomic E-state index is 0.0592. The van der Waals surface area contributed by atoms with Gasteiger partial charge >= 0.3 is 5.97 Å². The molecule has 0 amide bonds. The fraction of sp³-hybridized carbons (Fsp3) is 0.773. The molecule has 0 radical (unpaired) electrons. The fourth-order valence-corrected chi connectivity index (χ4v) is 7.09. The van der Waals surface area contributed by atoms with E-state index in [1.807, 2.05) is 0 Å². The van der Waals surface area contributed by atoms with Crippen molar-refractivity contribution in [2.75, 3.05) is 7.11 Å². The Morgan fingerprint density at radius 2 is 1.85 bits per heavy atom. The molecule has 0 aromatic carbocycles. The van der Waals surface area contributed by atoms with Crippen LogP contribution in [0.1, 0.15) is 65.2 Å². The molecule has 4 aliphatic carbocycles. The van der Waals surface area contributed by atoms with Gasteiger partial charge in [0.05, 0.1) is 7.11 Å². The average molecular weight is 358 g/mol. The van der Waals surface area contributed by atoms with Gasteiger partial charge < -0.3 is 4.74 Å². The molecule has 0 aromatic rings. The number of esters is 1. The molecule has 4 saturated carbocycles.